The molecule has 0 aliphatic rings. The fourth-order valence-corrected chi connectivity index (χ4v) is 3.20. The second kappa shape index (κ2) is 9.67. The average Bonchev–Trinajstić information content (AvgIpc) is 2.55. The Kier molecular flexibility index (Phi) is 7.88. The van der Waals surface area contributed by atoms with E-state index in [1.54, 1.807) is 19.2 Å². The first-order valence-electron chi connectivity index (χ1n) is 8.04. The van der Waals surface area contributed by atoms with Gasteiger partial charge in [0.05, 0.1) is 7.11 Å². The van der Waals surface area contributed by atoms with Crippen LogP contribution in [0.5, 0.6) is 11.5 Å². The van der Waals surface area contributed by atoms with Crippen molar-refractivity contribution in [3.63, 3.8) is 0 Å². The summed E-state index contributed by atoms with van der Waals surface area (Å²) in [6.45, 7) is 6.42. The molecule has 0 heterocycles. The Morgan fingerprint density at radius 2 is 1.84 bits per heavy atom. The summed E-state index contributed by atoms with van der Waals surface area (Å²) in [5.41, 5.74) is 1.99. The molecule has 2 aromatic carbocycles. The van der Waals surface area contributed by atoms with Crippen LogP contribution in [-0.2, 0) is 13.2 Å². The van der Waals surface area contributed by atoms with Crippen LogP contribution in [0.3, 0.4) is 0 Å². The number of methoxy groups -OCH3 is 1. The number of halogens is 3. The van der Waals surface area contributed by atoms with Crippen molar-refractivity contribution in [2.75, 3.05) is 13.7 Å². The third kappa shape index (κ3) is 6.07. The third-order valence-electron chi connectivity index (χ3n) is 3.60. The zero-order valence-corrected chi connectivity index (χ0v) is 17.6. The van der Waals surface area contributed by atoms with Gasteiger partial charge in [0.25, 0.3) is 0 Å². The molecule has 6 heteroatoms. The summed E-state index contributed by atoms with van der Waals surface area (Å²) >= 11 is 15.7. The van der Waals surface area contributed by atoms with E-state index in [9.17, 15) is 0 Å². The van der Waals surface area contributed by atoms with Gasteiger partial charge in [-0.25, -0.2) is 0 Å². The largest absolute Gasteiger partial charge is 0.493 e. The standard InChI is InChI=1S/C19H22BrCl2NO2/c1-12(2)9-23-10-14-6-18(24-3)19(8-16(14)20)25-11-13-4-5-15(21)7-17(13)22/h4-8,12,23H,9-11H2,1-3H3. The molecular weight excluding hydrogens is 425 g/mol. The van der Waals surface area contributed by atoms with Gasteiger partial charge in [-0.2, -0.15) is 0 Å². The maximum Gasteiger partial charge on any atom is 0.162 e. The number of benzene rings is 2. The summed E-state index contributed by atoms with van der Waals surface area (Å²) in [6.07, 6.45) is 0. The van der Waals surface area contributed by atoms with Crippen LogP contribution in [-0.4, -0.2) is 13.7 Å². The zero-order valence-electron chi connectivity index (χ0n) is 14.5. The summed E-state index contributed by atoms with van der Waals surface area (Å²) in [5.74, 6) is 1.95. The third-order valence-corrected chi connectivity index (χ3v) is 4.92. The predicted octanol–water partition coefficient (Wildman–Crippen LogP) is 6.09. The Bertz CT molecular complexity index is 723. The van der Waals surface area contributed by atoms with Crippen molar-refractivity contribution in [2.45, 2.75) is 27.0 Å². The maximum absolute atomic E-state index is 6.20. The van der Waals surface area contributed by atoms with E-state index in [4.69, 9.17) is 32.7 Å². The van der Waals surface area contributed by atoms with Crippen LogP contribution >= 0.6 is 39.1 Å². The molecule has 2 rings (SSSR count). The van der Waals surface area contributed by atoms with Gasteiger partial charge >= 0.3 is 0 Å². The smallest absolute Gasteiger partial charge is 0.162 e. The van der Waals surface area contributed by atoms with E-state index in [2.05, 4.69) is 35.1 Å². The van der Waals surface area contributed by atoms with Gasteiger partial charge in [-0.15, -0.1) is 0 Å². The van der Waals surface area contributed by atoms with Crippen LogP contribution in [0.1, 0.15) is 25.0 Å². The molecule has 0 aliphatic carbocycles. The first-order chi connectivity index (χ1) is 11.9. The number of rotatable bonds is 8. The quantitative estimate of drug-likeness (QED) is 0.532. The second-order valence-corrected chi connectivity index (χ2v) is 7.84. The molecule has 0 saturated heterocycles. The van der Waals surface area contributed by atoms with E-state index < -0.39 is 0 Å². The molecule has 3 nitrogen and oxygen atoms in total. The number of hydrogen-bond donors (Lipinski definition) is 1. The van der Waals surface area contributed by atoms with Crippen LogP contribution in [0.4, 0.5) is 0 Å². The molecule has 0 atom stereocenters. The lowest BCUT2D eigenvalue weighted by molar-refractivity contribution is 0.284. The first kappa shape index (κ1) is 20.4. The summed E-state index contributed by atoms with van der Waals surface area (Å²) in [7, 11) is 1.64. The zero-order chi connectivity index (χ0) is 18.4. The van der Waals surface area contributed by atoms with E-state index in [0.29, 0.717) is 34.1 Å². The molecule has 0 radical (unpaired) electrons. The molecule has 0 bridgehead atoms. The van der Waals surface area contributed by atoms with Crippen LogP contribution < -0.4 is 14.8 Å². The normalized spacial score (nSPS) is 11.0. The van der Waals surface area contributed by atoms with Crippen LogP contribution in [0, 0.1) is 5.92 Å². The monoisotopic (exact) mass is 445 g/mol. The molecule has 0 aliphatic heterocycles. The fraction of sp³-hybridized carbons (Fsp3) is 0.368. The van der Waals surface area contributed by atoms with Gasteiger partial charge in [-0.05, 0) is 42.3 Å². The molecule has 2 aromatic rings. The second-order valence-electron chi connectivity index (χ2n) is 6.14. The number of hydrogen-bond acceptors (Lipinski definition) is 3. The topological polar surface area (TPSA) is 30.5 Å². The summed E-state index contributed by atoms with van der Waals surface area (Å²) in [6, 6.07) is 9.27. The van der Waals surface area contributed by atoms with E-state index in [1.165, 1.54) is 0 Å². The lowest BCUT2D eigenvalue weighted by atomic mass is 10.1. The fourth-order valence-electron chi connectivity index (χ4n) is 2.27. The highest BCUT2D eigenvalue weighted by atomic mass is 79.9. The minimum atomic E-state index is 0.337. The van der Waals surface area contributed by atoms with Crippen molar-refractivity contribution in [1.82, 2.24) is 5.32 Å². The Hall–Kier alpha value is -0.940. The van der Waals surface area contributed by atoms with Crippen molar-refractivity contribution in [1.29, 1.82) is 0 Å². The molecular formula is C19H22BrCl2NO2. The number of nitrogens with one attached hydrogen (secondary N) is 1. The van der Waals surface area contributed by atoms with Crippen LogP contribution in [0.2, 0.25) is 10.0 Å². The molecule has 0 aromatic heterocycles. The van der Waals surface area contributed by atoms with Gasteiger partial charge in [0.2, 0.25) is 0 Å². The summed E-state index contributed by atoms with van der Waals surface area (Å²) in [5, 5.41) is 4.61. The lowest BCUT2D eigenvalue weighted by Crippen LogP contribution is -2.19. The van der Waals surface area contributed by atoms with Crippen molar-refractivity contribution in [3.8, 4) is 11.5 Å². The van der Waals surface area contributed by atoms with Crippen LogP contribution in [0.25, 0.3) is 0 Å². The average molecular weight is 447 g/mol. The molecule has 136 valence electrons. The highest BCUT2D eigenvalue weighted by Crippen LogP contribution is 2.34. The van der Waals surface area contributed by atoms with Crippen LogP contribution in [0.15, 0.2) is 34.8 Å². The van der Waals surface area contributed by atoms with Gasteiger partial charge < -0.3 is 14.8 Å². The molecule has 0 spiro atoms. The minimum Gasteiger partial charge on any atom is -0.493 e. The van der Waals surface area contributed by atoms with Crippen molar-refractivity contribution in [3.05, 3.63) is 56.0 Å². The summed E-state index contributed by atoms with van der Waals surface area (Å²) in [4.78, 5) is 0. The first-order valence-corrected chi connectivity index (χ1v) is 9.59. The van der Waals surface area contributed by atoms with Crippen molar-refractivity contribution >= 4 is 39.1 Å². The molecule has 0 fully saturated rings. The Labute approximate surface area is 167 Å². The van der Waals surface area contributed by atoms with Crippen molar-refractivity contribution in [2.24, 2.45) is 5.92 Å². The van der Waals surface area contributed by atoms with Gasteiger partial charge in [0.15, 0.2) is 11.5 Å². The van der Waals surface area contributed by atoms with Gasteiger partial charge in [-0.1, -0.05) is 59.0 Å². The minimum absolute atomic E-state index is 0.337. The highest BCUT2D eigenvalue weighted by molar-refractivity contribution is 9.10. The highest BCUT2D eigenvalue weighted by Gasteiger charge is 2.12. The molecule has 0 amide bonds. The Balaban J connectivity index is 2.10. The van der Waals surface area contributed by atoms with Gasteiger partial charge in [0.1, 0.15) is 6.61 Å². The lowest BCUT2D eigenvalue weighted by Gasteiger charge is -2.15. The van der Waals surface area contributed by atoms with E-state index >= 15 is 0 Å². The molecule has 25 heavy (non-hydrogen) atoms. The van der Waals surface area contributed by atoms with E-state index in [1.807, 2.05) is 18.2 Å². The Morgan fingerprint density at radius 1 is 1.08 bits per heavy atom. The van der Waals surface area contributed by atoms with E-state index in [-0.39, 0.29) is 0 Å². The Morgan fingerprint density at radius 3 is 2.48 bits per heavy atom. The van der Waals surface area contributed by atoms with Gasteiger partial charge in [-0.3, -0.25) is 0 Å². The summed E-state index contributed by atoms with van der Waals surface area (Å²) < 4.78 is 12.4. The SMILES string of the molecule is COc1cc(CNCC(C)C)c(Br)cc1OCc1ccc(Cl)cc1Cl. The maximum atomic E-state index is 6.20. The predicted molar refractivity (Wildman–Crippen MR) is 108 cm³/mol. The molecule has 1 N–H and O–H groups in total. The number of ether oxygens (including phenoxy) is 2. The van der Waals surface area contributed by atoms with E-state index in [0.717, 1.165) is 28.7 Å². The molecule has 0 saturated carbocycles. The van der Waals surface area contributed by atoms with Gasteiger partial charge in [0, 0.05) is 26.6 Å². The molecule has 0 unspecified atom stereocenters. The van der Waals surface area contributed by atoms with Crippen molar-refractivity contribution < 1.29 is 9.47 Å².